The number of nitrogens with one attached hydrogen (secondary N) is 1. The van der Waals surface area contributed by atoms with Crippen LogP contribution in [0.2, 0.25) is 0 Å². The predicted molar refractivity (Wildman–Crippen MR) is 97.3 cm³/mol. The molecule has 7 nitrogen and oxygen atoms in total. The Balaban J connectivity index is 1.85. The van der Waals surface area contributed by atoms with E-state index in [-0.39, 0.29) is 17.3 Å². The topological polar surface area (TPSA) is 85.3 Å². The average molecular weight is 353 g/mol. The minimum Gasteiger partial charge on any atom is -0.318 e. The summed E-state index contributed by atoms with van der Waals surface area (Å²) in [6.07, 6.45) is 3.02. The van der Waals surface area contributed by atoms with Crippen molar-refractivity contribution in [1.82, 2.24) is 9.55 Å². The molecule has 0 fully saturated rings. The van der Waals surface area contributed by atoms with Crippen molar-refractivity contribution in [3.05, 3.63) is 81.5 Å². The fourth-order valence-electron chi connectivity index (χ4n) is 2.70. The van der Waals surface area contributed by atoms with E-state index in [1.54, 1.807) is 18.3 Å². The molecule has 1 N–H and O–H groups in total. The normalized spacial score (nSPS) is 11.0. The van der Waals surface area contributed by atoms with Gasteiger partial charge in [0.1, 0.15) is 5.82 Å². The van der Waals surface area contributed by atoms with E-state index in [0.717, 1.165) is 22.6 Å². The zero-order chi connectivity index (χ0) is 18.7. The van der Waals surface area contributed by atoms with Gasteiger partial charge in [0.25, 0.3) is 0 Å². The molecule has 0 saturated heterocycles. The number of nitrogens with zero attached hydrogens (tertiary/aromatic N) is 4. The molecule has 0 aliphatic heterocycles. The van der Waals surface area contributed by atoms with Crippen molar-refractivity contribution in [3.8, 4) is 5.69 Å². The highest BCUT2D eigenvalue weighted by molar-refractivity contribution is 5.83. The summed E-state index contributed by atoms with van der Waals surface area (Å²) in [4.78, 5) is 14.4. The number of nitro groups is 1. The van der Waals surface area contributed by atoms with Crippen LogP contribution in [0.1, 0.15) is 17.0 Å². The highest BCUT2D eigenvalue weighted by atomic mass is 19.1. The van der Waals surface area contributed by atoms with E-state index in [2.05, 4.69) is 15.5 Å². The summed E-state index contributed by atoms with van der Waals surface area (Å²) in [5.41, 5.74) is 6.00. The lowest BCUT2D eigenvalue weighted by Gasteiger charge is -2.09. The maximum atomic E-state index is 13.1. The quantitative estimate of drug-likeness (QED) is 0.427. The van der Waals surface area contributed by atoms with Crippen LogP contribution in [-0.4, -0.2) is 20.7 Å². The van der Waals surface area contributed by atoms with Crippen LogP contribution in [0, 0.1) is 29.8 Å². The molecule has 0 bridgehead atoms. The lowest BCUT2D eigenvalue weighted by Crippen LogP contribution is -2.01. The fraction of sp³-hybridized carbons (Fsp3) is 0.111. The van der Waals surface area contributed by atoms with Crippen molar-refractivity contribution < 1.29 is 9.31 Å². The Morgan fingerprint density at radius 1 is 1.27 bits per heavy atom. The number of aryl methyl sites for hydroxylation is 1. The van der Waals surface area contributed by atoms with Gasteiger partial charge in [-0.15, -0.1) is 0 Å². The number of halogens is 1. The largest absolute Gasteiger partial charge is 0.318 e. The Labute approximate surface area is 149 Å². The van der Waals surface area contributed by atoms with E-state index in [1.165, 1.54) is 30.5 Å². The van der Waals surface area contributed by atoms with Crippen LogP contribution in [0.15, 0.2) is 53.8 Å². The molecular weight excluding hydrogens is 337 g/mol. The third-order valence-electron chi connectivity index (χ3n) is 3.91. The Morgan fingerprint density at radius 3 is 2.69 bits per heavy atom. The van der Waals surface area contributed by atoms with Crippen molar-refractivity contribution >= 4 is 17.7 Å². The summed E-state index contributed by atoms with van der Waals surface area (Å²) in [5, 5.41) is 15.0. The van der Waals surface area contributed by atoms with Crippen molar-refractivity contribution in [2.45, 2.75) is 13.8 Å². The molecule has 8 heteroatoms. The molecule has 0 radical (unpaired) electrons. The van der Waals surface area contributed by atoms with E-state index in [0.29, 0.717) is 0 Å². The lowest BCUT2D eigenvalue weighted by atomic mass is 10.2. The first kappa shape index (κ1) is 17.3. The summed E-state index contributed by atoms with van der Waals surface area (Å²) in [6, 6.07) is 11.0. The zero-order valence-corrected chi connectivity index (χ0v) is 14.2. The van der Waals surface area contributed by atoms with Gasteiger partial charge < -0.3 is 4.57 Å². The maximum absolute atomic E-state index is 13.1. The molecule has 0 amide bonds. The second kappa shape index (κ2) is 7.14. The summed E-state index contributed by atoms with van der Waals surface area (Å²) >= 11 is 0. The second-order valence-electron chi connectivity index (χ2n) is 5.64. The molecule has 1 aromatic carbocycles. The minimum atomic E-state index is -0.523. The Hall–Kier alpha value is -3.55. The summed E-state index contributed by atoms with van der Waals surface area (Å²) < 4.78 is 15.1. The van der Waals surface area contributed by atoms with Crippen LogP contribution in [0.4, 0.5) is 15.9 Å². The number of hydrogen-bond acceptors (Lipinski definition) is 5. The zero-order valence-electron chi connectivity index (χ0n) is 14.2. The Morgan fingerprint density at radius 2 is 2.00 bits per heavy atom. The third kappa shape index (κ3) is 3.44. The van der Waals surface area contributed by atoms with Crippen LogP contribution in [0.5, 0.6) is 0 Å². The van der Waals surface area contributed by atoms with Crippen molar-refractivity contribution in [1.29, 1.82) is 0 Å². The highest BCUT2D eigenvalue weighted by Gasteiger charge is 2.13. The number of benzene rings is 1. The summed E-state index contributed by atoms with van der Waals surface area (Å²) in [5.74, 6) is -0.222. The smallest absolute Gasteiger partial charge is 0.313 e. The first-order valence-corrected chi connectivity index (χ1v) is 7.80. The number of rotatable bonds is 5. The van der Waals surface area contributed by atoms with Gasteiger partial charge in [-0.25, -0.2) is 9.37 Å². The molecule has 0 saturated carbocycles. The number of hydrogen-bond donors (Lipinski definition) is 1. The van der Waals surface area contributed by atoms with Crippen molar-refractivity contribution in [3.63, 3.8) is 0 Å². The molecule has 132 valence electrons. The second-order valence-corrected chi connectivity index (χ2v) is 5.64. The molecule has 0 aliphatic carbocycles. The molecule has 3 aromatic rings. The molecule has 0 unspecified atom stereocenters. The standard InChI is InChI=1S/C18H16FN5O2/c1-12-10-14(13(2)23(12)16-7-5-15(19)6-8-16)11-21-22-18-17(24(25)26)4-3-9-20-18/h3-11H,1-2H3,(H,20,22)/b21-11-. The molecule has 2 heterocycles. The molecule has 0 atom stereocenters. The SMILES string of the molecule is Cc1cc(/C=N\Nc2ncccc2[N+](=O)[O-])c(C)n1-c1ccc(F)cc1. The van der Waals surface area contributed by atoms with Crippen LogP contribution < -0.4 is 5.43 Å². The molecule has 26 heavy (non-hydrogen) atoms. The summed E-state index contributed by atoms with van der Waals surface area (Å²) in [7, 11) is 0. The van der Waals surface area contributed by atoms with Crippen LogP contribution >= 0.6 is 0 Å². The third-order valence-corrected chi connectivity index (χ3v) is 3.91. The Kier molecular flexibility index (Phi) is 4.74. The number of hydrazone groups is 1. The van der Waals surface area contributed by atoms with E-state index < -0.39 is 4.92 Å². The van der Waals surface area contributed by atoms with Gasteiger partial charge in [-0.2, -0.15) is 5.10 Å². The molecule has 0 spiro atoms. The van der Waals surface area contributed by atoms with E-state index in [1.807, 2.05) is 24.5 Å². The number of aromatic nitrogens is 2. The van der Waals surface area contributed by atoms with Gasteiger partial charge in [0.2, 0.25) is 5.82 Å². The number of anilines is 1. The monoisotopic (exact) mass is 353 g/mol. The predicted octanol–water partition coefficient (Wildman–Crippen LogP) is 3.98. The number of pyridine rings is 1. The van der Waals surface area contributed by atoms with Crippen molar-refractivity contribution in [2.75, 3.05) is 5.43 Å². The highest BCUT2D eigenvalue weighted by Crippen LogP contribution is 2.22. The summed E-state index contributed by atoms with van der Waals surface area (Å²) in [6.45, 7) is 3.85. The average Bonchev–Trinajstić information content (AvgIpc) is 2.90. The van der Waals surface area contributed by atoms with Gasteiger partial charge >= 0.3 is 5.69 Å². The van der Waals surface area contributed by atoms with Gasteiger partial charge in [0, 0.05) is 34.9 Å². The van der Waals surface area contributed by atoms with Gasteiger partial charge in [-0.1, -0.05) is 0 Å². The molecule has 3 rings (SSSR count). The minimum absolute atomic E-state index is 0.0705. The fourth-order valence-corrected chi connectivity index (χ4v) is 2.70. The van der Waals surface area contributed by atoms with Gasteiger partial charge in [0.15, 0.2) is 0 Å². The first-order chi connectivity index (χ1) is 12.5. The lowest BCUT2D eigenvalue weighted by molar-refractivity contribution is -0.384. The first-order valence-electron chi connectivity index (χ1n) is 7.80. The van der Waals surface area contributed by atoms with E-state index in [9.17, 15) is 14.5 Å². The van der Waals surface area contributed by atoms with Gasteiger partial charge in [0.05, 0.1) is 11.1 Å². The molecule has 2 aromatic heterocycles. The van der Waals surface area contributed by atoms with E-state index in [4.69, 9.17) is 0 Å². The molecular formula is C18H16FN5O2. The Bertz CT molecular complexity index is 980. The molecule has 0 aliphatic rings. The van der Waals surface area contributed by atoms with Gasteiger partial charge in [-0.05, 0) is 50.2 Å². The van der Waals surface area contributed by atoms with Crippen LogP contribution in [-0.2, 0) is 0 Å². The van der Waals surface area contributed by atoms with E-state index >= 15 is 0 Å². The van der Waals surface area contributed by atoms with Gasteiger partial charge in [-0.3, -0.25) is 15.5 Å². The van der Waals surface area contributed by atoms with Crippen LogP contribution in [0.25, 0.3) is 5.69 Å². The van der Waals surface area contributed by atoms with Crippen molar-refractivity contribution in [2.24, 2.45) is 5.10 Å². The van der Waals surface area contributed by atoms with Crippen LogP contribution in [0.3, 0.4) is 0 Å². The maximum Gasteiger partial charge on any atom is 0.313 e.